The molecule has 0 aromatic carbocycles. The Morgan fingerprint density at radius 3 is 1.60 bits per heavy atom. The van der Waals surface area contributed by atoms with E-state index in [0.29, 0.717) is 12.2 Å². The van der Waals surface area contributed by atoms with Crippen LogP contribution in [-0.4, -0.2) is 81.6 Å². The average Bonchev–Trinajstić information content (AvgIpc) is 2.63. The van der Waals surface area contributed by atoms with Gasteiger partial charge in [-0.25, -0.2) is 14.0 Å². The number of hydrogen-bond acceptors (Lipinski definition) is 6. The second kappa shape index (κ2) is 13.4. The smallest absolute Gasteiger partial charge is 0.466 e. The number of rotatable bonds is 16. The number of alkyl halides is 8. The van der Waals surface area contributed by atoms with Crippen LogP contribution >= 0.6 is 0 Å². The topological polar surface area (TPSA) is 91.3 Å². The summed E-state index contributed by atoms with van der Waals surface area (Å²) in [6.45, 7) is 13.1. The molecule has 2 atom stereocenters. The molecular weight excluding hydrogens is 629 g/mol. The van der Waals surface area contributed by atoms with Gasteiger partial charge in [-0.1, -0.05) is 0 Å². The van der Waals surface area contributed by atoms with Gasteiger partial charge in [0.25, 0.3) is 0 Å². The molecule has 1 N–H and O–H groups in total. The van der Waals surface area contributed by atoms with Crippen LogP contribution in [0.3, 0.4) is 0 Å². The second-order valence-electron chi connectivity index (χ2n) is 11.7. The molecule has 0 aromatic rings. The van der Waals surface area contributed by atoms with Crippen molar-refractivity contribution in [3.63, 3.8) is 0 Å². The van der Waals surface area contributed by atoms with Crippen LogP contribution in [0.4, 0.5) is 35.1 Å². The van der Waals surface area contributed by atoms with Crippen molar-refractivity contribution >= 4 is 45.7 Å². The first kappa shape index (κ1) is 38.9. The molecule has 19 heteroatoms. The standard InChI is InChI=1S/C21H38F8O7Si4/c1-37(2,3)34-40(9,35-38(4,5)6)36-39(7,8)16(12-13-33-18(32)11-10-17(30)31)21(28,29)20(26,27)15(22)14-19(23,24)25/h10-11,15-16H,12-14H2,1-9H3,(H,30,31). The van der Waals surface area contributed by atoms with Gasteiger partial charge < -0.3 is 22.2 Å². The summed E-state index contributed by atoms with van der Waals surface area (Å²) < 4.78 is 136. The maximum Gasteiger partial charge on any atom is 0.466 e. The Hall–Kier alpha value is -1.13. The van der Waals surface area contributed by atoms with Crippen LogP contribution in [0.25, 0.3) is 0 Å². The quantitative estimate of drug-likeness (QED) is 0.0823. The van der Waals surface area contributed by atoms with Crippen molar-refractivity contribution in [2.45, 2.75) is 101 Å². The number of carbonyl (C=O) groups excluding carboxylic acids is 1. The summed E-state index contributed by atoms with van der Waals surface area (Å²) in [7, 11) is -13.1. The van der Waals surface area contributed by atoms with E-state index in [1.807, 2.05) is 0 Å². The summed E-state index contributed by atoms with van der Waals surface area (Å²) in [6, 6.07) is 0. The highest BCUT2D eigenvalue weighted by Gasteiger charge is 2.70. The Morgan fingerprint density at radius 2 is 1.23 bits per heavy atom. The van der Waals surface area contributed by atoms with E-state index in [9.17, 15) is 35.9 Å². The summed E-state index contributed by atoms with van der Waals surface area (Å²) in [5.41, 5.74) is -2.60. The molecule has 0 heterocycles. The first-order valence-corrected chi connectivity index (χ1v) is 24.1. The predicted octanol–water partition coefficient (Wildman–Crippen LogP) is 6.99. The number of aliphatic carboxylic acids is 1. The van der Waals surface area contributed by atoms with Crippen molar-refractivity contribution in [3.8, 4) is 0 Å². The third-order valence-electron chi connectivity index (χ3n) is 4.97. The van der Waals surface area contributed by atoms with E-state index >= 15 is 8.78 Å². The Morgan fingerprint density at radius 1 is 0.775 bits per heavy atom. The van der Waals surface area contributed by atoms with E-state index in [1.54, 1.807) is 39.3 Å². The number of halogens is 8. The Kier molecular flexibility index (Phi) is 13.1. The van der Waals surface area contributed by atoms with Gasteiger partial charge in [0.1, 0.15) is 0 Å². The lowest BCUT2D eigenvalue weighted by Gasteiger charge is -2.46. The van der Waals surface area contributed by atoms with E-state index in [2.05, 4.69) is 4.74 Å². The van der Waals surface area contributed by atoms with Crippen LogP contribution in [0.5, 0.6) is 0 Å². The zero-order valence-electron chi connectivity index (χ0n) is 23.9. The van der Waals surface area contributed by atoms with Gasteiger partial charge in [0.05, 0.1) is 18.6 Å². The highest BCUT2D eigenvalue weighted by Crippen LogP contribution is 2.53. The molecule has 0 fully saturated rings. The summed E-state index contributed by atoms with van der Waals surface area (Å²) >= 11 is 0. The molecule has 0 rings (SSSR count). The average molecular weight is 667 g/mol. The minimum Gasteiger partial charge on any atom is -0.478 e. The summed E-state index contributed by atoms with van der Waals surface area (Å²) in [5, 5.41) is 8.56. The van der Waals surface area contributed by atoms with Gasteiger partial charge in [0.2, 0.25) is 0 Å². The van der Waals surface area contributed by atoms with Crippen LogP contribution in [0.15, 0.2) is 12.2 Å². The number of carboxylic acid groups (broad SMARTS) is 1. The van der Waals surface area contributed by atoms with E-state index in [1.165, 1.54) is 6.55 Å². The van der Waals surface area contributed by atoms with Gasteiger partial charge in [-0.3, -0.25) is 0 Å². The molecule has 40 heavy (non-hydrogen) atoms. The molecule has 0 aliphatic carbocycles. The molecular formula is C21H38F8O7Si4. The van der Waals surface area contributed by atoms with Gasteiger partial charge in [0, 0.05) is 18.7 Å². The van der Waals surface area contributed by atoms with Gasteiger partial charge >= 0.3 is 38.8 Å². The zero-order chi connectivity index (χ0) is 32.2. The summed E-state index contributed by atoms with van der Waals surface area (Å²) in [5.74, 6) is -14.0. The van der Waals surface area contributed by atoms with Crippen LogP contribution in [-0.2, 0) is 26.7 Å². The molecule has 0 saturated heterocycles. The van der Waals surface area contributed by atoms with Crippen molar-refractivity contribution < 1.29 is 66.9 Å². The van der Waals surface area contributed by atoms with E-state index in [4.69, 9.17) is 17.5 Å². The second-order valence-corrected chi connectivity index (χ2v) is 28.2. The number of esters is 1. The fourth-order valence-electron chi connectivity index (χ4n) is 3.93. The molecule has 0 spiro atoms. The molecule has 7 nitrogen and oxygen atoms in total. The van der Waals surface area contributed by atoms with Crippen LogP contribution < -0.4 is 0 Å². The van der Waals surface area contributed by atoms with E-state index in [-0.39, 0.29) is 0 Å². The maximum absolute atomic E-state index is 15.5. The summed E-state index contributed by atoms with van der Waals surface area (Å²) in [6.07, 6.45) is -12.8. The van der Waals surface area contributed by atoms with Crippen molar-refractivity contribution in [1.82, 2.24) is 0 Å². The Labute approximate surface area is 233 Å². The van der Waals surface area contributed by atoms with Crippen LogP contribution in [0.1, 0.15) is 12.8 Å². The van der Waals surface area contributed by atoms with Gasteiger partial charge in [-0.15, -0.1) is 0 Å². The van der Waals surface area contributed by atoms with Crippen molar-refractivity contribution in [2.24, 2.45) is 0 Å². The first-order chi connectivity index (χ1) is 17.4. The lowest BCUT2D eigenvalue weighted by atomic mass is 9.99. The monoisotopic (exact) mass is 666 g/mol. The molecule has 0 aliphatic heterocycles. The lowest BCUT2D eigenvalue weighted by Crippen LogP contribution is -2.64. The van der Waals surface area contributed by atoms with E-state index < -0.39 is 94.9 Å². The fraction of sp³-hybridized carbons (Fsp3) is 0.810. The number of ether oxygens (including phenoxy) is 1. The molecule has 0 bridgehead atoms. The summed E-state index contributed by atoms with van der Waals surface area (Å²) in [4.78, 5) is 22.2. The SMILES string of the molecule is C[Si](C)(C)O[Si](C)(O[Si](C)(C)C)O[Si](C)(C)C(CCOC(=O)C=CC(=O)O)C(F)(F)C(F)(F)C(F)CC(F)(F)F. The molecule has 2 unspecified atom stereocenters. The molecule has 0 aromatic heterocycles. The van der Waals surface area contributed by atoms with Crippen molar-refractivity contribution in [1.29, 1.82) is 0 Å². The normalized spacial score (nSPS) is 16.2. The molecule has 236 valence electrons. The molecule has 0 aliphatic rings. The number of carboxylic acids is 1. The van der Waals surface area contributed by atoms with E-state index in [0.717, 1.165) is 13.1 Å². The Bertz CT molecular complexity index is 887. The highest BCUT2D eigenvalue weighted by molar-refractivity contribution is 6.90. The minimum absolute atomic E-state index is 0.383. The first-order valence-electron chi connectivity index (χ1n) is 12.1. The number of carbonyl (C=O) groups is 2. The molecule has 0 amide bonds. The van der Waals surface area contributed by atoms with Gasteiger partial charge in [-0.05, 0) is 58.8 Å². The third kappa shape index (κ3) is 13.2. The molecule has 0 radical (unpaired) electrons. The fourth-order valence-corrected chi connectivity index (χ4v) is 20.7. The molecule has 0 saturated carbocycles. The Balaban J connectivity index is 6.60. The van der Waals surface area contributed by atoms with Crippen molar-refractivity contribution in [3.05, 3.63) is 12.2 Å². The maximum atomic E-state index is 15.5. The zero-order valence-corrected chi connectivity index (χ0v) is 27.9. The minimum atomic E-state index is -5.79. The largest absolute Gasteiger partial charge is 0.478 e. The number of hydrogen-bond donors (Lipinski definition) is 1. The van der Waals surface area contributed by atoms with Crippen LogP contribution in [0, 0.1) is 0 Å². The van der Waals surface area contributed by atoms with Crippen molar-refractivity contribution in [2.75, 3.05) is 6.61 Å². The van der Waals surface area contributed by atoms with Crippen LogP contribution in [0.2, 0.25) is 64.5 Å². The van der Waals surface area contributed by atoms with Gasteiger partial charge in [0.15, 0.2) is 31.1 Å². The highest BCUT2D eigenvalue weighted by atomic mass is 28.5. The van der Waals surface area contributed by atoms with Gasteiger partial charge in [-0.2, -0.15) is 30.7 Å². The lowest BCUT2D eigenvalue weighted by molar-refractivity contribution is -0.261. The predicted molar refractivity (Wildman–Crippen MR) is 141 cm³/mol. The third-order valence-corrected chi connectivity index (χ3v) is 18.8.